The fourth-order valence-electron chi connectivity index (χ4n) is 2.70. The first-order valence-corrected chi connectivity index (χ1v) is 7.79. The average molecular weight is 369 g/mol. The lowest BCUT2D eigenvalue weighted by Gasteiger charge is -2.18. The van der Waals surface area contributed by atoms with Gasteiger partial charge in [0.15, 0.2) is 5.79 Å². The standard InChI is InChI=1S/C15H17BrN2O4/c1-15(2)21-8-10(22-15)7-18-13(19)11-5-4-9(16)6-12(11)17(3)14(18)20/h4-6,10H,7-8H2,1-3H3. The molecule has 0 radical (unpaired) electrons. The SMILES string of the molecule is Cn1c(=O)n(CC2COC(C)(C)O2)c(=O)c2ccc(Br)cc21. The van der Waals surface area contributed by atoms with Crippen molar-refractivity contribution in [1.82, 2.24) is 9.13 Å². The second-order valence-electron chi connectivity index (χ2n) is 5.87. The van der Waals surface area contributed by atoms with Gasteiger partial charge in [-0.2, -0.15) is 0 Å². The molecule has 1 unspecified atom stereocenters. The normalized spacial score (nSPS) is 20.6. The number of aryl methyl sites for hydroxylation is 1. The average Bonchev–Trinajstić information content (AvgIpc) is 2.80. The molecule has 7 heteroatoms. The molecular formula is C15H17BrN2O4. The third-order valence-corrected chi connectivity index (χ3v) is 4.26. The van der Waals surface area contributed by atoms with E-state index in [1.807, 2.05) is 13.8 Å². The molecule has 1 atom stereocenters. The molecule has 1 saturated heterocycles. The van der Waals surface area contributed by atoms with Crippen LogP contribution in [0.15, 0.2) is 32.3 Å². The molecule has 1 aromatic carbocycles. The molecule has 22 heavy (non-hydrogen) atoms. The van der Waals surface area contributed by atoms with E-state index < -0.39 is 5.79 Å². The molecular weight excluding hydrogens is 352 g/mol. The zero-order valence-corrected chi connectivity index (χ0v) is 14.2. The summed E-state index contributed by atoms with van der Waals surface area (Å²) in [6.45, 7) is 4.17. The number of hydrogen-bond acceptors (Lipinski definition) is 4. The number of hydrogen-bond donors (Lipinski definition) is 0. The van der Waals surface area contributed by atoms with Gasteiger partial charge in [0.25, 0.3) is 5.56 Å². The summed E-state index contributed by atoms with van der Waals surface area (Å²) < 4.78 is 14.7. The van der Waals surface area contributed by atoms with Gasteiger partial charge in [-0.1, -0.05) is 15.9 Å². The molecule has 1 aromatic heterocycles. The smallest absolute Gasteiger partial charge is 0.331 e. The van der Waals surface area contributed by atoms with Gasteiger partial charge in [-0.05, 0) is 32.0 Å². The number of nitrogens with zero attached hydrogens (tertiary/aromatic N) is 2. The summed E-state index contributed by atoms with van der Waals surface area (Å²) in [5.74, 6) is -0.679. The van der Waals surface area contributed by atoms with Gasteiger partial charge in [0.1, 0.15) is 6.10 Å². The number of rotatable bonds is 2. The zero-order valence-electron chi connectivity index (χ0n) is 12.6. The summed E-state index contributed by atoms with van der Waals surface area (Å²) in [7, 11) is 1.66. The molecule has 0 spiro atoms. The monoisotopic (exact) mass is 368 g/mol. The third-order valence-electron chi connectivity index (χ3n) is 3.77. The lowest BCUT2D eigenvalue weighted by molar-refractivity contribution is -0.139. The largest absolute Gasteiger partial charge is 0.348 e. The molecule has 118 valence electrons. The van der Waals surface area contributed by atoms with Crippen molar-refractivity contribution in [3.63, 3.8) is 0 Å². The summed E-state index contributed by atoms with van der Waals surface area (Å²) in [5, 5.41) is 0.503. The topological polar surface area (TPSA) is 62.5 Å². The Labute approximate surface area is 135 Å². The molecule has 0 aliphatic carbocycles. The first-order valence-electron chi connectivity index (χ1n) is 6.99. The first kappa shape index (κ1) is 15.5. The van der Waals surface area contributed by atoms with Crippen LogP contribution in [-0.2, 0) is 23.1 Å². The summed E-state index contributed by atoms with van der Waals surface area (Å²) in [5.41, 5.74) is -0.0626. The van der Waals surface area contributed by atoms with E-state index in [1.54, 1.807) is 25.2 Å². The molecule has 2 heterocycles. The van der Waals surface area contributed by atoms with Crippen molar-refractivity contribution in [2.24, 2.45) is 7.05 Å². The van der Waals surface area contributed by atoms with Gasteiger partial charge in [0.05, 0.1) is 24.1 Å². The summed E-state index contributed by atoms with van der Waals surface area (Å²) >= 11 is 3.36. The molecule has 0 amide bonds. The van der Waals surface area contributed by atoms with Gasteiger partial charge in [-0.3, -0.25) is 13.9 Å². The lowest BCUT2D eigenvalue weighted by atomic mass is 10.2. The number of halogens is 1. The van der Waals surface area contributed by atoms with Crippen LogP contribution in [0.3, 0.4) is 0 Å². The molecule has 0 saturated carbocycles. The predicted molar refractivity (Wildman–Crippen MR) is 86.1 cm³/mol. The fraction of sp³-hybridized carbons (Fsp3) is 0.467. The Balaban J connectivity index is 2.09. The van der Waals surface area contributed by atoms with E-state index in [2.05, 4.69) is 15.9 Å². The van der Waals surface area contributed by atoms with Crippen LogP contribution in [0.4, 0.5) is 0 Å². The molecule has 1 aliphatic heterocycles. The highest BCUT2D eigenvalue weighted by Crippen LogP contribution is 2.23. The number of benzene rings is 1. The highest BCUT2D eigenvalue weighted by molar-refractivity contribution is 9.10. The Hall–Kier alpha value is -1.44. The summed E-state index contributed by atoms with van der Waals surface area (Å²) in [4.78, 5) is 25.1. The Morgan fingerprint density at radius 3 is 2.73 bits per heavy atom. The van der Waals surface area contributed by atoms with E-state index in [4.69, 9.17) is 9.47 Å². The molecule has 1 aliphatic rings. The van der Waals surface area contributed by atoms with Crippen molar-refractivity contribution >= 4 is 26.8 Å². The first-order chi connectivity index (χ1) is 10.3. The highest BCUT2D eigenvalue weighted by Gasteiger charge is 2.33. The van der Waals surface area contributed by atoms with Crippen molar-refractivity contribution in [3.05, 3.63) is 43.5 Å². The van der Waals surface area contributed by atoms with Crippen molar-refractivity contribution in [3.8, 4) is 0 Å². The lowest BCUT2D eigenvalue weighted by Crippen LogP contribution is -2.42. The quantitative estimate of drug-likeness (QED) is 0.807. The minimum absolute atomic E-state index is 0.181. The van der Waals surface area contributed by atoms with E-state index >= 15 is 0 Å². The summed E-state index contributed by atoms with van der Waals surface area (Å²) in [6.07, 6.45) is -0.312. The van der Waals surface area contributed by atoms with E-state index in [9.17, 15) is 9.59 Å². The maximum atomic E-state index is 12.6. The van der Waals surface area contributed by atoms with E-state index in [1.165, 1.54) is 9.13 Å². The Morgan fingerprint density at radius 2 is 2.09 bits per heavy atom. The highest BCUT2D eigenvalue weighted by atomic mass is 79.9. The van der Waals surface area contributed by atoms with E-state index in [0.717, 1.165) is 4.47 Å². The van der Waals surface area contributed by atoms with Crippen molar-refractivity contribution in [1.29, 1.82) is 0 Å². The maximum Gasteiger partial charge on any atom is 0.331 e. The minimum atomic E-state index is -0.679. The van der Waals surface area contributed by atoms with Crippen LogP contribution in [0.1, 0.15) is 13.8 Å². The van der Waals surface area contributed by atoms with Gasteiger partial charge in [-0.15, -0.1) is 0 Å². The van der Waals surface area contributed by atoms with Crippen LogP contribution in [0, 0.1) is 0 Å². The second-order valence-corrected chi connectivity index (χ2v) is 6.79. The Morgan fingerprint density at radius 1 is 1.36 bits per heavy atom. The van der Waals surface area contributed by atoms with Gasteiger partial charge < -0.3 is 9.47 Å². The predicted octanol–water partition coefficient (Wildman–Crippen LogP) is 1.61. The van der Waals surface area contributed by atoms with Gasteiger partial charge in [0.2, 0.25) is 0 Å². The van der Waals surface area contributed by atoms with Gasteiger partial charge >= 0.3 is 5.69 Å². The molecule has 1 fully saturated rings. The van der Waals surface area contributed by atoms with Crippen molar-refractivity contribution < 1.29 is 9.47 Å². The van der Waals surface area contributed by atoms with E-state index in [0.29, 0.717) is 17.5 Å². The Bertz CT molecular complexity index is 853. The number of ether oxygens (including phenoxy) is 2. The van der Waals surface area contributed by atoms with Crippen LogP contribution in [0.25, 0.3) is 10.9 Å². The second kappa shape index (κ2) is 5.33. The minimum Gasteiger partial charge on any atom is -0.348 e. The Kier molecular flexibility index (Phi) is 3.74. The van der Waals surface area contributed by atoms with Crippen LogP contribution >= 0.6 is 15.9 Å². The molecule has 3 rings (SSSR count). The number of aromatic nitrogens is 2. The molecule has 6 nitrogen and oxygen atoms in total. The van der Waals surface area contributed by atoms with Crippen LogP contribution in [-0.4, -0.2) is 27.6 Å². The van der Waals surface area contributed by atoms with Crippen LogP contribution < -0.4 is 11.2 Å². The molecule has 0 N–H and O–H groups in total. The number of fused-ring (bicyclic) bond motifs is 1. The van der Waals surface area contributed by atoms with Crippen molar-refractivity contribution in [2.75, 3.05) is 6.61 Å². The van der Waals surface area contributed by atoms with Gasteiger partial charge in [-0.25, -0.2) is 4.79 Å². The van der Waals surface area contributed by atoms with E-state index in [-0.39, 0.29) is 23.9 Å². The molecule has 0 bridgehead atoms. The summed E-state index contributed by atoms with van der Waals surface area (Å²) in [6, 6.07) is 5.27. The van der Waals surface area contributed by atoms with Crippen LogP contribution in [0.5, 0.6) is 0 Å². The zero-order chi connectivity index (χ0) is 16.1. The maximum absolute atomic E-state index is 12.6. The van der Waals surface area contributed by atoms with Gasteiger partial charge in [0, 0.05) is 11.5 Å². The third kappa shape index (κ3) is 2.64. The molecule has 2 aromatic rings. The fourth-order valence-corrected chi connectivity index (χ4v) is 3.05. The van der Waals surface area contributed by atoms with Crippen molar-refractivity contribution in [2.45, 2.75) is 32.3 Å². The van der Waals surface area contributed by atoms with Crippen LogP contribution in [0.2, 0.25) is 0 Å².